The van der Waals surface area contributed by atoms with Crippen molar-refractivity contribution in [3.8, 4) is 0 Å². The maximum absolute atomic E-state index is 4.95. The Morgan fingerprint density at radius 1 is 1.27 bits per heavy atom. The van der Waals surface area contributed by atoms with Crippen molar-refractivity contribution in [3.05, 3.63) is 24.3 Å². The van der Waals surface area contributed by atoms with E-state index in [1.807, 2.05) is 24.3 Å². The summed E-state index contributed by atoms with van der Waals surface area (Å²) in [5, 5.41) is 15.7. The van der Waals surface area contributed by atoms with Crippen molar-refractivity contribution in [2.75, 3.05) is 25.6 Å². The van der Waals surface area contributed by atoms with Crippen LogP contribution in [0.15, 0.2) is 24.3 Å². The molecule has 2 rings (SSSR count). The van der Waals surface area contributed by atoms with Gasteiger partial charge >= 0.3 is 0 Å². The standard InChI is InChI=1S/C10H12N4O/c1-15-7-6-11-10-8-4-2-3-5-9(8)12-14-13-10/h2-5H,6-7H2,1H3,(H,11,12,13). The summed E-state index contributed by atoms with van der Waals surface area (Å²) in [4.78, 5) is 0. The molecule has 0 aliphatic carbocycles. The lowest BCUT2D eigenvalue weighted by Gasteiger charge is -2.05. The minimum absolute atomic E-state index is 0.637. The molecule has 1 aromatic carbocycles. The van der Waals surface area contributed by atoms with Crippen LogP contribution in [0.3, 0.4) is 0 Å². The SMILES string of the molecule is COCCNc1nnnc2ccccc12. The van der Waals surface area contributed by atoms with Gasteiger partial charge in [0.25, 0.3) is 0 Å². The smallest absolute Gasteiger partial charge is 0.160 e. The highest BCUT2D eigenvalue weighted by Gasteiger charge is 2.02. The number of aromatic nitrogens is 3. The summed E-state index contributed by atoms with van der Waals surface area (Å²) in [6, 6.07) is 7.75. The van der Waals surface area contributed by atoms with Crippen molar-refractivity contribution < 1.29 is 4.74 Å². The first-order valence-electron chi connectivity index (χ1n) is 4.73. The van der Waals surface area contributed by atoms with Crippen molar-refractivity contribution in [1.29, 1.82) is 0 Å². The molecular formula is C10H12N4O. The van der Waals surface area contributed by atoms with Gasteiger partial charge in [-0.25, -0.2) is 0 Å². The highest BCUT2D eigenvalue weighted by atomic mass is 16.5. The topological polar surface area (TPSA) is 59.9 Å². The number of nitrogens with one attached hydrogen (secondary N) is 1. The van der Waals surface area contributed by atoms with E-state index < -0.39 is 0 Å². The predicted molar refractivity (Wildman–Crippen MR) is 57.7 cm³/mol. The van der Waals surface area contributed by atoms with Crippen molar-refractivity contribution in [3.63, 3.8) is 0 Å². The van der Waals surface area contributed by atoms with Crippen LogP contribution >= 0.6 is 0 Å². The molecule has 0 bridgehead atoms. The van der Waals surface area contributed by atoms with Gasteiger partial charge in [-0.2, -0.15) is 0 Å². The van der Waals surface area contributed by atoms with Gasteiger partial charge in [-0.3, -0.25) is 0 Å². The van der Waals surface area contributed by atoms with Crippen LogP contribution in [0.5, 0.6) is 0 Å². The van der Waals surface area contributed by atoms with Crippen LogP contribution in [0.4, 0.5) is 5.82 Å². The summed E-state index contributed by atoms with van der Waals surface area (Å²) in [7, 11) is 1.66. The van der Waals surface area contributed by atoms with Crippen LogP contribution in [0.25, 0.3) is 10.9 Å². The van der Waals surface area contributed by atoms with E-state index in [1.165, 1.54) is 0 Å². The first kappa shape index (κ1) is 9.79. The first-order valence-corrected chi connectivity index (χ1v) is 4.73. The summed E-state index contributed by atoms with van der Waals surface area (Å²) in [6.07, 6.45) is 0. The zero-order valence-electron chi connectivity index (χ0n) is 8.47. The molecule has 0 atom stereocenters. The lowest BCUT2D eigenvalue weighted by Crippen LogP contribution is -2.10. The third-order valence-electron chi connectivity index (χ3n) is 2.05. The summed E-state index contributed by atoms with van der Waals surface area (Å²) >= 11 is 0. The lowest BCUT2D eigenvalue weighted by atomic mass is 10.2. The van der Waals surface area contributed by atoms with E-state index in [2.05, 4.69) is 20.7 Å². The average molecular weight is 204 g/mol. The number of hydrogen-bond donors (Lipinski definition) is 1. The zero-order chi connectivity index (χ0) is 10.5. The van der Waals surface area contributed by atoms with E-state index in [0.29, 0.717) is 13.2 Å². The minimum atomic E-state index is 0.637. The van der Waals surface area contributed by atoms with Crippen molar-refractivity contribution >= 4 is 16.7 Å². The number of rotatable bonds is 4. The number of ether oxygens (including phenoxy) is 1. The van der Waals surface area contributed by atoms with Crippen molar-refractivity contribution in [2.45, 2.75) is 0 Å². The Morgan fingerprint density at radius 2 is 2.13 bits per heavy atom. The van der Waals surface area contributed by atoms with E-state index in [1.54, 1.807) is 7.11 Å². The molecule has 0 aliphatic rings. The fourth-order valence-electron chi connectivity index (χ4n) is 1.33. The molecule has 0 aliphatic heterocycles. The Labute approximate surface area is 87.5 Å². The molecule has 5 nitrogen and oxygen atoms in total. The van der Waals surface area contributed by atoms with Crippen molar-refractivity contribution in [1.82, 2.24) is 15.4 Å². The van der Waals surface area contributed by atoms with Gasteiger partial charge in [0.2, 0.25) is 0 Å². The monoisotopic (exact) mass is 204 g/mol. The summed E-state index contributed by atoms with van der Waals surface area (Å²) < 4.78 is 4.95. The second kappa shape index (κ2) is 4.65. The van der Waals surface area contributed by atoms with Crippen LogP contribution in [-0.2, 0) is 4.74 Å². The Balaban J connectivity index is 2.26. The third kappa shape index (κ3) is 2.19. The molecule has 15 heavy (non-hydrogen) atoms. The Bertz CT molecular complexity index is 441. The molecular weight excluding hydrogens is 192 g/mol. The van der Waals surface area contributed by atoms with E-state index in [4.69, 9.17) is 4.74 Å². The molecule has 0 saturated carbocycles. The van der Waals surface area contributed by atoms with E-state index >= 15 is 0 Å². The van der Waals surface area contributed by atoms with Crippen LogP contribution < -0.4 is 5.32 Å². The largest absolute Gasteiger partial charge is 0.383 e. The molecule has 78 valence electrons. The molecule has 0 amide bonds. The molecule has 0 radical (unpaired) electrons. The number of nitrogens with zero attached hydrogens (tertiary/aromatic N) is 3. The first-order chi connectivity index (χ1) is 7.42. The Kier molecular flexibility index (Phi) is 3.04. The van der Waals surface area contributed by atoms with E-state index in [0.717, 1.165) is 16.7 Å². The number of hydrogen-bond acceptors (Lipinski definition) is 5. The second-order valence-electron chi connectivity index (χ2n) is 3.07. The molecule has 0 saturated heterocycles. The fourth-order valence-corrected chi connectivity index (χ4v) is 1.33. The van der Waals surface area contributed by atoms with Gasteiger partial charge in [0.05, 0.1) is 12.1 Å². The number of fused-ring (bicyclic) bond motifs is 1. The van der Waals surface area contributed by atoms with Crippen LogP contribution in [0.1, 0.15) is 0 Å². The summed E-state index contributed by atoms with van der Waals surface area (Å²) in [6.45, 7) is 1.34. The normalized spacial score (nSPS) is 10.5. The second-order valence-corrected chi connectivity index (χ2v) is 3.07. The highest BCUT2D eigenvalue weighted by molar-refractivity contribution is 5.88. The van der Waals surface area contributed by atoms with Crippen LogP contribution in [0, 0.1) is 0 Å². The van der Waals surface area contributed by atoms with E-state index in [-0.39, 0.29) is 0 Å². The van der Waals surface area contributed by atoms with Crippen LogP contribution in [-0.4, -0.2) is 35.7 Å². The zero-order valence-corrected chi connectivity index (χ0v) is 8.47. The quantitative estimate of drug-likeness (QED) is 0.755. The molecule has 1 aromatic heterocycles. The summed E-state index contributed by atoms with van der Waals surface area (Å²) in [5.41, 5.74) is 0.840. The lowest BCUT2D eigenvalue weighted by molar-refractivity contribution is 0.210. The summed E-state index contributed by atoms with van der Waals surface area (Å²) in [5.74, 6) is 0.748. The molecule has 1 N–H and O–H groups in total. The van der Waals surface area contributed by atoms with Gasteiger partial charge in [-0.15, -0.1) is 10.2 Å². The van der Waals surface area contributed by atoms with E-state index in [9.17, 15) is 0 Å². The molecule has 2 aromatic rings. The fraction of sp³-hybridized carbons (Fsp3) is 0.300. The van der Waals surface area contributed by atoms with Gasteiger partial charge in [-0.05, 0) is 17.3 Å². The van der Waals surface area contributed by atoms with Gasteiger partial charge in [0, 0.05) is 19.0 Å². The van der Waals surface area contributed by atoms with Crippen molar-refractivity contribution in [2.24, 2.45) is 0 Å². The van der Waals surface area contributed by atoms with Gasteiger partial charge in [0.15, 0.2) is 5.82 Å². The minimum Gasteiger partial charge on any atom is -0.383 e. The highest BCUT2D eigenvalue weighted by Crippen LogP contribution is 2.16. The van der Waals surface area contributed by atoms with Crippen LogP contribution in [0.2, 0.25) is 0 Å². The molecule has 0 fully saturated rings. The number of anilines is 1. The number of methoxy groups -OCH3 is 1. The Hall–Kier alpha value is -1.75. The van der Waals surface area contributed by atoms with Gasteiger partial charge < -0.3 is 10.1 Å². The third-order valence-corrected chi connectivity index (χ3v) is 2.05. The molecule has 0 spiro atoms. The number of benzene rings is 1. The molecule has 0 unspecified atom stereocenters. The maximum atomic E-state index is 4.95. The van der Waals surface area contributed by atoms with Gasteiger partial charge in [-0.1, -0.05) is 12.1 Å². The molecule has 5 heteroatoms. The predicted octanol–water partition coefficient (Wildman–Crippen LogP) is 1.08. The molecule has 1 heterocycles. The Morgan fingerprint density at radius 3 is 3.00 bits per heavy atom. The van der Waals surface area contributed by atoms with Gasteiger partial charge in [0.1, 0.15) is 0 Å². The maximum Gasteiger partial charge on any atom is 0.160 e. The average Bonchev–Trinajstić information content (AvgIpc) is 2.30.